The zero-order valence-electron chi connectivity index (χ0n) is 11.5. The number of nitrogens with one attached hydrogen (secondary N) is 1. The number of hydrogen-bond donors (Lipinski definition) is 2. The first-order valence-electron chi connectivity index (χ1n) is 6.63. The van der Waals surface area contributed by atoms with Gasteiger partial charge in [-0.2, -0.15) is 11.8 Å². The number of nitrogens with two attached hydrogens (primary N) is 1. The molecule has 1 aliphatic heterocycles. The standard InChI is InChI=1S/C14H21N3OS/c1-3-11-9-17(6-7-19-11)13-8-10(15)4-5-12(13)14(18)16-2/h4-5,8,11H,3,6-7,9,15H2,1-2H3,(H,16,18). The number of carbonyl (C=O) groups excluding carboxylic acids is 1. The van der Waals surface area contributed by atoms with E-state index in [4.69, 9.17) is 5.73 Å². The van der Waals surface area contributed by atoms with Crippen LogP contribution in [0, 0.1) is 0 Å². The van der Waals surface area contributed by atoms with Gasteiger partial charge in [0.05, 0.1) is 11.3 Å². The molecule has 4 nitrogen and oxygen atoms in total. The molecule has 3 N–H and O–H groups in total. The van der Waals surface area contributed by atoms with Crippen LogP contribution in [-0.4, -0.2) is 37.0 Å². The molecular formula is C14H21N3OS. The Morgan fingerprint density at radius 1 is 1.58 bits per heavy atom. The Morgan fingerprint density at radius 2 is 2.37 bits per heavy atom. The molecule has 0 radical (unpaired) electrons. The number of carbonyl (C=O) groups is 1. The number of hydrogen-bond acceptors (Lipinski definition) is 4. The molecule has 0 spiro atoms. The van der Waals surface area contributed by atoms with E-state index in [-0.39, 0.29) is 5.91 Å². The van der Waals surface area contributed by atoms with Crippen molar-refractivity contribution in [3.63, 3.8) is 0 Å². The molecule has 0 bridgehead atoms. The molecule has 0 aromatic heterocycles. The van der Waals surface area contributed by atoms with Crippen molar-refractivity contribution in [2.75, 3.05) is 36.5 Å². The molecule has 1 aliphatic rings. The fourth-order valence-corrected chi connectivity index (χ4v) is 3.50. The van der Waals surface area contributed by atoms with E-state index in [2.05, 4.69) is 17.1 Å². The molecule has 0 saturated carbocycles. The highest BCUT2D eigenvalue weighted by Crippen LogP contribution is 2.29. The lowest BCUT2D eigenvalue weighted by molar-refractivity contribution is 0.0963. The monoisotopic (exact) mass is 279 g/mol. The SMILES string of the molecule is CCC1CN(c2cc(N)ccc2C(=O)NC)CCS1. The van der Waals surface area contributed by atoms with E-state index in [0.717, 1.165) is 31.0 Å². The predicted molar refractivity (Wildman–Crippen MR) is 83.0 cm³/mol. The van der Waals surface area contributed by atoms with E-state index in [1.807, 2.05) is 23.9 Å². The fourth-order valence-electron chi connectivity index (χ4n) is 2.32. The topological polar surface area (TPSA) is 58.4 Å². The number of nitrogen functional groups attached to an aromatic ring is 1. The first-order valence-corrected chi connectivity index (χ1v) is 7.68. The maximum atomic E-state index is 12.0. The van der Waals surface area contributed by atoms with Crippen molar-refractivity contribution < 1.29 is 4.79 Å². The number of nitrogens with zero attached hydrogens (tertiary/aromatic N) is 1. The van der Waals surface area contributed by atoms with Gasteiger partial charge in [-0.1, -0.05) is 6.92 Å². The molecule has 0 aliphatic carbocycles. The fraction of sp³-hybridized carbons (Fsp3) is 0.500. The van der Waals surface area contributed by atoms with Gasteiger partial charge in [0.15, 0.2) is 0 Å². The molecule has 19 heavy (non-hydrogen) atoms. The second kappa shape index (κ2) is 6.19. The van der Waals surface area contributed by atoms with Gasteiger partial charge in [0.1, 0.15) is 0 Å². The summed E-state index contributed by atoms with van der Waals surface area (Å²) in [5.74, 6) is 1.04. The minimum atomic E-state index is -0.0544. The molecule has 5 heteroatoms. The molecule has 1 amide bonds. The molecule has 1 saturated heterocycles. The molecule has 1 heterocycles. The van der Waals surface area contributed by atoms with Crippen LogP contribution in [0.15, 0.2) is 18.2 Å². The highest BCUT2D eigenvalue weighted by molar-refractivity contribution is 8.00. The van der Waals surface area contributed by atoms with Gasteiger partial charge in [0.2, 0.25) is 0 Å². The van der Waals surface area contributed by atoms with Crippen LogP contribution in [0.2, 0.25) is 0 Å². The van der Waals surface area contributed by atoms with Gasteiger partial charge in [-0.05, 0) is 24.6 Å². The van der Waals surface area contributed by atoms with Crippen LogP contribution < -0.4 is 16.0 Å². The highest BCUT2D eigenvalue weighted by Gasteiger charge is 2.22. The lowest BCUT2D eigenvalue weighted by atomic mass is 10.1. The van der Waals surface area contributed by atoms with Crippen molar-refractivity contribution in [1.82, 2.24) is 5.32 Å². The van der Waals surface area contributed by atoms with Crippen LogP contribution >= 0.6 is 11.8 Å². The van der Waals surface area contributed by atoms with E-state index in [9.17, 15) is 4.79 Å². The second-order valence-electron chi connectivity index (χ2n) is 4.70. The molecule has 104 valence electrons. The van der Waals surface area contributed by atoms with E-state index in [1.54, 1.807) is 13.1 Å². The van der Waals surface area contributed by atoms with Crippen LogP contribution in [0.25, 0.3) is 0 Å². The van der Waals surface area contributed by atoms with Gasteiger partial charge >= 0.3 is 0 Å². The highest BCUT2D eigenvalue weighted by atomic mass is 32.2. The molecule has 1 aromatic carbocycles. The Hall–Kier alpha value is -1.36. The average molecular weight is 279 g/mol. The lowest BCUT2D eigenvalue weighted by Gasteiger charge is -2.34. The molecular weight excluding hydrogens is 258 g/mol. The molecule has 1 atom stereocenters. The summed E-state index contributed by atoms with van der Waals surface area (Å²) in [5.41, 5.74) is 8.25. The molecule has 1 unspecified atom stereocenters. The third-order valence-corrected chi connectivity index (χ3v) is 4.80. The first-order chi connectivity index (χ1) is 9.15. The smallest absolute Gasteiger partial charge is 0.253 e. The normalized spacial score (nSPS) is 19.3. The van der Waals surface area contributed by atoms with Crippen LogP contribution in [0.3, 0.4) is 0 Å². The zero-order valence-corrected chi connectivity index (χ0v) is 12.3. The van der Waals surface area contributed by atoms with Crippen LogP contribution in [0.5, 0.6) is 0 Å². The Kier molecular flexibility index (Phi) is 4.58. The van der Waals surface area contributed by atoms with E-state index in [0.29, 0.717) is 16.5 Å². The van der Waals surface area contributed by atoms with Crippen LogP contribution in [0.1, 0.15) is 23.7 Å². The molecule has 1 aromatic rings. The van der Waals surface area contributed by atoms with Gasteiger partial charge < -0.3 is 16.0 Å². The minimum Gasteiger partial charge on any atom is -0.399 e. The maximum absolute atomic E-state index is 12.0. The van der Waals surface area contributed by atoms with Crippen molar-refractivity contribution in [2.45, 2.75) is 18.6 Å². The van der Waals surface area contributed by atoms with Gasteiger partial charge in [0, 0.05) is 36.8 Å². The Bertz CT molecular complexity index is 464. The number of benzene rings is 1. The largest absolute Gasteiger partial charge is 0.399 e. The summed E-state index contributed by atoms with van der Waals surface area (Å²) in [4.78, 5) is 14.2. The number of rotatable bonds is 3. The van der Waals surface area contributed by atoms with E-state index in [1.165, 1.54) is 0 Å². The summed E-state index contributed by atoms with van der Waals surface area (Å²) >= 11 is 2.01. The summed E-state index contributed by atoms with van der Waals surface area (Å²) in [7, 11) is 1.66. The van der Waals surface area contributed by atoms with Crippen molar-refractivity contribution >= 4 is 29.0 Å². The molecule has 2 rings (SSSR count). The van der Waals surface area contributed by atoms with Crippen LogP contribution in [0.4, 0.5) is 11.4 Å². The number of anilines is 2. The zero-order chi connectivity index (χ0) is 13.8. The van der Waals surface area contributed by atoms with Crippen LogP contribution in [-0.2, 0) is 0 Å². The molecule has 1 fully saturated rings. The summed E-state index contributed by atoms with van der Waals surface area (Å²) in [5, 5.41) is 3.33. The first kappa shape index (κ1) is 14.1. The lowest BCUT2D eigenvalue weighted by Crippen LogP contribution is -2.39. The Balaban J connectivity index is 2.31. The van der Waals surface area contributed by atoms with Crippen molar-refractivity contribution in [2.24, 2.45) is 0 Å². The second-order valence-corrected chi connectivity index (χ2v) is 6.11. The summed E-state index contributed by atoms with van der Waals surface area (Å²) in [6.45, 7) is 4.16. The van der Waals surface area contributed by atoms with Gasteiger partial charge in [0.25, 0.3) is 5.91 Å². The van der Waals surface area contributed by atoms with E-state index >= 15 is 0 Å². The maximum Gasteiger partial charge on any atom is 0.253 e. The van der Waals surface area contributed by atoms with E-state index < -0.39 is 0 Å². The summed E-state index contributed by atoms with van der Waals surface area (Å²) in [6.07, 6.45) is 1.15. The Morgan fingerprint density at radius 3 is 3.05 bits per heavy atom. The quantitative estimate of drug-likeness (QED) is 0.831. The number of thioether (sulfide) groups is 1. The number of amides is 1. The summed E-state index contributed by atoms with van der Waals surface area (Å²) in [6, 6.07) is 5.50. The van der Waals surface area contributed by atoms with Crippen molar-refractivity contribution in [3.05, 3.63) is 23.8 Å². The van der Waals surface area contributed by atoms with Gasteiger partial charge in [-0.3, -0.25) is 4.79 Å². The third kappa shape index (κ3) is 3.15. The van der Waals surface area contributed by atoms with Crippen molar-refractivity contribution in [1.29, 1.82) is 0 Å². The average Bonchev–Trinajstić information content (AvgIpc) is 2.46. The predicted octanol–water partition coefficient (Wildman–Crippen LogP) is 1.96. The minimum absolute atomic E-state index is 0.0544. The Labute approximate surface area is 118 Å². The third-order valence-electron chi connectivity index (χ3n) is 3.43. The van der Waals surface area contributed by atoms with Crippen molar-refractivity contribution in [3.8, 4) is 0 Å². The van der Waals surface area contributed by atoms with Gasteiger partial charge in [-0.15, -0.1) is 0 Å². The summed E-state index contributed by atoms with van der Waals surface area (Å²) < 4.78 is 0. The van der Waals surface area contributed by atoms with Gasteiger partial charge in [-0.25, -0.2) is 0 Å².